The lowest BCUT2D eigenvalue weighted by Gasteiger charge is -2.43. The number of ether oxygens (including phenoxy) is 2. The zero-order valence-corrected chi connectivity index (χ0v) is 20.2. The number of rotatable bonds is 12. The van der Waals surface area contributed by atoms with Crippen LogP contribution in [0.3, 0.4) is 0 Å². The molecular weight excluding hydrogens is 376 g/mol. The van der Waals surface area contributed by atoms with Gasteiger partial charge in [0, 0.05) is 5.56 Å². The maximum absolute atomic E-state index is 12.9. The van der Waals surface area contributed by atoms with E-state index in [4.69, 9.17) is 9.47 Å². The van der Waals surface area contributed by atoms with Gasteiger partial charge in [-0.1, -0.05) is 60.8 Å². The van der Waals surface area contributed by atoms with Crippen LogP contribution in [-0.2, 0) is 9.53 Å². The topological polar surface area (TPSA) is 52.6 Å². The van der Waals surface area contributed by atoms with E-state index in [-0.39, 0.29) is 16.8 Å². The molecule has 1 atom stereocenters. The molecule has 0 fully saturated rings. The lowest BCUT2D eigenvalue weighted by atomic mass is 9.61. The monoisotopic (exact) mass is 418 g/mol. The average Bonchev–Trinajstić information content (AvgIpc) is 2.64. The predicted molar refractivity (Wildman–Crippen MR) is 123 cm³/mol. The maximum atomic E-state index is 12.9. The van der Waals surface area contributed by atoms with Gasteiger partial charge in [-0.25, -0.2) is 0 Å². The minimum Gasteiger partial charge on any atom is -0.494 e. The van der Waals surface area contributed by atoms with Crippen LogP contribution in [0.5, 0.6) is 5.75 Å². The molecule has 0 saturated heterocycles. The highest BCUT2D eigenvalue weighted by atomic mass is 16.5. The zero-order valence-electron chi connectivity index (χ0n) is 20.2. The van der Waals surface area contributed by atoms with E-state index in [1.54, 1.807) is 12.1 Å². The van der Waals surface area contributed by atoms with E-state index < -0.39 is 5.41 Å². The van der Waals surface area contributed by atoms with Gasteiger partial charge in [-0.05, 0) is 61.3 Å². The summed E-state index contributed by atoms with van der Waals surface area (Å²) in [6, 6.07) is 7.16. The number of aldehydes is 1. The van der Waals surface area contributed by atoms with Gasteiger partial charge < -0.3 is 9.47 Å². The van der Waals surface area contributed by atoms with Crippen LogP contribution in [0.4, 0.5) is 0 Å². The minimum atomic E-state index is -0.494. The van der Waals surface area contributed by atoms with E-state index in [1.165, 1.54) is 0 Å². The van der Waals surface area contributed by atoms with Crippen molar-refractivity contribution >= 4 is 12.3 Å². The van der Waals surface area contributed by atoms with Crippen molar-refractivity contribution in [2.24, 2.45) is 16.2 Å². The average molecular weight is 419 g/mol. The van der Waals surface area contributed by atoms with Crippen LogP contribution in [0.1, 0.15) is 97.3 Å². The summed E-state index contributed by atoms with van der Waals surface area (Å²) in [7, 11) is 0. The molecule has 0 aliphatic heterocycles. The van der Waals surface area contributed by atoms with E-state index >= 15 is 0 Å². The maximum Gasteiger partial charge on any atom is 0.312 e. The van der Waals surface area contributed by atoms with Gasteiger partial charge in [-0.15, -0.1) is 0 Å². The van der Waals surface area contributed by atoms with Crippen molar-refractivity contribution in [2.45, 2.75) is 87.0 Å². The van der Waals surface area contributed by atoms with Crippen LogP contribution >= 0.6 is 0 Å². The Hall–Kier alpha value is -1.84. The lowest BCUT2D eigenvalue weighted by Crippen LogP contribution is -2.44. The lowest BCUT2D eigenvalue weighted by molar-refractivity contribution is -0.164. The Bertz CT molecular complexity index is 649. The van der Waals surface area contributed by atoms with Crippen LogP contribution in [0.15, 0.2) is 24.3 Å². The quantitative estimate of drug-likeness (QED) is 0.211. The number of carbonyl (C=O) groups is 2. The number of hydrogen-bond acceptors (Lipinski definition) is 4. The molecule has 0 aliphatic carbocycles. The second kappa shape index (κ2) is 11.5. The summed E-state index contributed by atoms with van der Waals surface area (Å²) in [5.74, 6) is 0.726. The Labute approximate surface area is 183 Å². The Morgan fingerprint density at radius 3 is 1.87 bits per heavy atom. The van der Waals surface area contributed by atoms with Crippen molar-refractivity contribution in [3.63, 3.8) is 0 Å². The molecule has 0 saturated carbocycles. The minimum absolute atomic E-state index is 0.0691. The highest BCUT2D eigenvalue weighted by Gasteiger charge is 2.47. The fraction of sp³-hybridized carbons (Fsp3) is 0.692. The first-order valence-electron chi connectivity index (χ1n) is 11.2. The molecule has 0 aliphatic rings. The molecule has 1 aromatic rings. The molecule has 30 heavy (non-hydrogen) atoms. The Morgan fingerprint density at radius 2 is 1.37 bits per heavy atom. The van der Waals surface area contributed by atoms with Crippen molar-refractivity contribution in [3.8, 4) is 5.75 Å². The third kappa shape index (κ3) is 8.89. The second-order valence-electron chi connectivity index (χ2n) is 10.8. The first-order valence-corrected chi connectivity index (χ1v) is 11.2. The van der Waals surface area contributed by atoms with Gasteiger partial charge in [-0.2, -0.15) is 0 Å². The summed E-state index contributed by atoms with van der Waals surface area (Å²) in [5, 5.41) is 0. The van der Waals surface area contributed by atoms with Gasteiger partial charge in [0.15, 0.2) is 0 Å². The van der Waals surface area contributed by atoms with E-state index in [2.05, 4.69) is 41.5 Å². The van der Waals surface area contributed by atoms with Crippen LogP contribution in [0, 0.1) is 16.2 Å². The highest BCUT2D eigenvalue weighted by Crippen LogP contribution is 2.47. The summed E-state index contributed by atoms with van der Waals surface area (Å²) in [5.41, 5.74) is 0.0844. The van der Waals surface area contributed by atoms with Crippen molar-refractivity contribution in [2.75, 3.05) is 13.2 Å². The molecule has 0 spiro atoms. The summed E-state index contributed by atoms with van der Waals surface area (Å²) < 4.78 is 11.4. The first-order chi connectivity index (χ1) is 13.9. The van der Waals surface area contributed by atoms with Gasteiger partial charge >= 0.3 is 5.97 Å². The SMILES string of the molecule is CC(C)(C)CC(C)(C(=O)OCCCCCCCOc1ccc(C=O)cc1)C(C)(C)C. The molecule has 0 N–H and O–H groups in total. The van der Waals surface area contributed by atoms with Crippen LogP contribution in [0.2, 0.25) is 0 Å². The molecule has 0 aromatic heterocycles. The molecule has 0 amide bonds. The summed E-state index contributed by atoms with van der Waals surface area (Å²) in [6.07, 6.45) is 6.76. The highest BCUT2D eigenvalue weighted by molar-refractivity contribution is 5.77. The number of esters is 1. The Morgan fingerprint density at radius 1 is 0.833 bits per heavy atom. The second-order valence-corrected chi connectivity index (χ2v) is 10.8. The summed E-state index contributed by atoms with van der Waals surface area (Å²) in [4.78, 5) is 23.5. The van der Waals surface area contributed by atoms with E-state index in [1.807, 2.05) is 19.1 Å². The normalized spacial score (nSPS) is 14.1. The number of carbonyl (C=O) groups excluding carboxylic acids is 2. The number of benzene rings is 1. The van der Waals surface area contributed by atoms with Gasteiger partial charge in [0.05, 0.1) is 18.6 Å². The molecule has 0 bridgehead atoms. The first kappa shape index (κ1) is 26.2. The molecular formula is C26H42O4. The Balaban J connectivity index is 2.22. The van der Waals surface area contributed by atoms with E-state index in [0.717, 1.165) is 50.6 Å². The molecule has 4 heteroatoms. The van der Waals surface area contributed by atoms with Crippen molar-refractivity contribution < 1.29 is 19.1 Å². The fourth-order valence-corrected chi connectivity index (χ4v) is 3.60. The van der Waals surface area contributed by atoms with Gasteiger partial charge in [-0.3, -0.25) is 9.59 Å². The predicted octanol–water partition coefficient (Wildman–Crippen LogP) is 6.86. The molecule has 4 nitrogen and oxygen atoms in total. The van der Waals surface area contributed by atoms with Crippen LogP contribution in [-0.4, -0.2) is 25.5 Å². The van der Waals surface area contributed by atoms with Crippen LogP contribution < -0.4 is 4.74 Å². The van der Waals surface area contributed by atoms with Crippen molar-refractivity contribution in [1.29, 1.82) is 0 Å². The van der Waals surface area contributed by atoms with E-state index in [9.17, 15) is 9.59 Å². The number of unbranched alkanes of at least 4 members (excludes halogenated alkanes) is 4. The third-order valence-electron chi connectivity index (χ3n) is 5.80. The van der Waals surface area contributed by atoms with Gasteiger partial charge in [0.1, 0.15) is 12.0 Å². The molecule has 0 heterocycles. The summed E-state index contributed by atoms with van der Waals surface area (Å²) >= 11 is 0. The molecule has 1 aromatic carbocycles. The fourth-order valence-electron chi connectivity index (χ4n) is 3.60. The smallest absolute Gasteiger partial charge is 0.312 e. The third-order valence-corrected chi connectivity index (χ3v) is 5.80. The van der Waals surface area contributed by atoms with Crippen molar-refractivity contribution in [3.05, 3.63) is 29.8 Å². The molecule has 1 rings (SSSR count). The molecule has 1 unspecified atom stereocenters. The molecule has 170 valence electrons. The van der Waals surface area contributed by atoms with Crippen LogP contribution in [0.25, 0.3) is 0 Å². The number of hydrogen-bond donors (Lipinski definition) is 0. The van der Waals surface area contributed by atoms with E-state index in [0.29, 0.717) is 18.8 Å². The van der Waals surface area contributed by atoms with Gasteiger partial charge in [0.2, 0.25) is 0 Å². The van der Waals surface area contributed by atoms with Crippen molar-refractivity contribution in [1.82, 2.24) is 0 Å². The van der Waals surface area contributed by atoms with Gasteiger partial charge in [0.25, 0.3) is 0 Å². The molecule has 0 radical (unpaired) electrons. The Kier molecular flexibility index (Phi) is 10.1. The largest absolute Gasteiger partial charge is 0.494 e. The standard InChI is InChI=1S/C26H42O4/c1-24(2,3)20-26(7,25(4,5)6)23(28)30-18-12-10-8-9-11-17-29-22-15-13-21(19-27)14-16-22/h13-16,19H,8-12,17-18,20H2,1-7H3. The zero-order chi connectivity index (χ0) is 22.8. The summed E-state index contributed by atoms with van der Waals surface area (Å²) in [6.45, 7) is 16.1.